The van der Waals surface area contributed by atoms with Crippen molar-refractivity contribution in [2.24, 2.45) is 11.3 Å². The van der Waals surface area contributed by atoms with Crippen LogP contribution in [-0.2, 0) is 0 Å². The number of aromatic nitrogens is 3. The van der Waals surface area contributed by atoms with Crippen LogP contribution in [0.5, 0.6) is 0 Å². The van der Waals surface area contributed by atoms with Gasteiger partial charge in [-0.25, -0.2) is 9.97 Å². The number of fused-ring (bicyclic) bond motifs is 2. The molecule has 0 spiro atoms. The number of nitrogens with zero attached hydrogens (tertiary/aromatic N) is 5. The van der Waals surface area contributed by atoms with Gasteiger partial charge in [-0.1, -0.05) is 6.92 Å². The molecule has 2 aliphatic heterocycles. The third-order valence-corrected chi connectivity index (χ3v) is 5.05. The lowest BCUT2D eigenvalue weighted by Gasteiger charge is -2.42. The normalized spacial score (nSPS) is 28.7. The van der Waals surface area contributed by atoms with Crippen molar-refractivity contribution in [3.8, 4) is 6.19 Å². The highest BCUT2D eigenvalue weighted by Gasteiger charge is 2.46. The average molecular weight is 282 g/mol. The number of nitrogens with one attached hydrogen (secondary N) is 1. The molecule has 2 saturated heterocycles. The number of rotatable bonds is 1. The maximum Gasteiger partial charge on any atom is 0.179 e. The van der Waals surface area contributed by atoms with Gasteiger partial charge in [0.2, 0.25) is 0 Å². The van der Waals surface area contributed by atoms with Crippen molar-refractivity contribution in [2.75, 3.05) is 31.1 Å². The van der Waals surface area contributed by atoms with Gasteiger partial charge in [-0.05, 0) is 18.4 Å². The summed E-state index contributed by atoms with van der Waals surface area (Å²) in [4.78, 5) is 16.2. The largest absolute Gasteiger partial charge is 0.355 e. The Hall–Kier alpha value is -2.29. The van der Waals surface area contributed by atoms with E-state index in [1.54, 1.807) is 6.33 Å². The van der Waals surface area contributed by atoms with Gasteiger partial charge in [-0.3, -0.25) is 0 Å². The summed E-state index contributed by atoms with van der Waals surface area (Å²) in [5, 5.41) is 10.2. The first-order valence-corrected chi connectivity index (χ1v) is 7.37. The standard InChI is InChI=1S/C15H18N6/c1-15-7-20(9-16)6-11(15)3-5-21(8-15)14-12-2-4-17-13(12)18-10-19-14/h2,4,10-11H,3,5-8H2,1H3,(H,17,18,19)/t11?,15-/m1/s1. The van der Waals surface area contributed by atoms with Crippen LogP contribution in [0.25, 0.3) is 11.0 Å². The minimum Gasteiger partial charge on any atom is -0.355 e. The van der Waals surface area contributed by atoms with E-state index in [-0.39, 0.29) is 5.41 Å². The molecular formula is C15H18N6. The van der Waals surface area contributed by atoms with Crippen LogP contribution in [0.4, 0.5) is 5.82 Å². The molecule has 21 heavy (non-hydrogen) atoms. The zero-order chi connectivity index (χ0) is 14.4. The van der Waals surface area contributed by atoms with Crippen LogP contribution >= 0.6 is 0 Å². The van der Waals surface area contributed by atoms with Gasteiger partial charge in [-0.2, -0.15) is 5.26 Å². The summed E-state index contributed by atoms with van der Waals surface area (Å²) >= 11 is 0. The Morgan fingerprint density at radius 2 is 2.33 bits per heavy atom. The van der Waals surface area contributed by atoms with Crippen LogP contribution in [0.1, 0.15) is 13.3 Å². The summed E-state index contributed by atoms with van der Waals surface area (Å²) in [5.74, 6) is 1.62. The quantitative estimate of drug-likeness (QED) is 0.804. The molecule has 4 rings (SSSR count). The Labute approximate surface area is 123 Å². The van der Waals surface area contributed by atoms with Crippen LogP contribution < -0.4 is 4.90 Å². The average Bonchev–Trinajstić information content (AvgIpc) is 3.08. The molecular weight excluding hydrogens is 264 g/mol. The van der Waals surface area contributed by atoms with E-state index in [9.17, 15) is 0 Å². The van der Waals surface area contributed by atoms with Crippen LogP contribution in [0.2, 0.25) is 0 Å². The molecule has 1 N–H and O–H groups in total. The number of H-pyrrole nitrogens is 1. The highest BCUT2D eigenvalue weighted by molar-refractivity contribution is 5.87. The summed E-state index contributed by atoms with van der Waals surface area (Å²) in [6, 6.07) is 2.04. The fourth-order valence-electron chi connectivity index (χ4n) is 3.93. The second kappa shape index (κ2) is 4.35. The van der Waals surface area contributed by atoms with Crippen molar-refractivity contribution in [3.05, 3.63) is 18.6 Å². The number of nitriles is 1. The number of aromatic amines is 1. The topological polar surface area (TPSA) is 71.8 Å². The SMILES string of the molecule is C[C@]12CN(C#N)CC1CCN(c1ncnc3[nH]ccc13)C2. The van der Waals surface area contributed by atoms with E-state index in [4.69, 9.17) is 5.26 Å². The van der Waals surface area contributed by atoms with E-state index < -0.39 is 0 Å². The Balaban J connectivity index is 1.67. The van der Waals surface area contributed by atoms with Crippen molar-refractivity contribution < 1.29 is 0 Å². The van der Waals surface area contributed by atoms with E-state index in [1.165, 1.54) is 0 Å². The second-order valence-corrected chi connectivity index (χ2v) is 6.48. The first kappa shape index (κ1) is 12.5. The summed E-state index contributed by atoms with van der Waals surface area (Å²) in [5.41, 5.74) is 1.05. The summed E-state index contributed by atoms with van der Waals surface area (Å²) in [6.45, 7) is 6.01. The summed E-state index contributed by atoms with van der Waals surface area (Å²) in [7, 11) is 0. The van der Waals surface area contributed by atoms with Gasteiger partial charge < -0.3 is 14.8 Å². The van der Waals surface area contributed by atoms with Crippen molar-refractivity contribution >= 4 is 16.9 Å². The summed E-state index contributed by atoms with van der Waals surface area (Å²) in [6.07, 6.45) is 6.96. The molecule has 0 saturated carbocycles. The number of hydrogen-bond donors (Lipinski definition) is 1. The third-order valence-electron chi connectivity index (χ3n) is 5.05. The summed E-state index contributed by atoms with van der Waals surface area (Å²) < 4.78 is 0. The Morgan fingerprint density at radius 3 is 3.19 bits per heavy atom. The molecule has 1 unspecified atom stereocenters. The molecule has 0 aliphatic carbocycles. The van der Waals surface area contributed by atoms with Gasteiger partial charge in [0.25, 0.3) is 0 Å². The van der Waals surface area contributed by atoms with Gasteiger partial charge in [-0.15, -0.1) is 0 Å². The Kier molecular flexibility index (Phi) is 2.58. The zero-order valence-corrected chi connectivity index (χ0v) is 12.1. The molecule has 6 nitrogen and oxygen atoms in total. The predicted octanol–water partition coefficient (Wildman–Crippen LogP) is 1.59. The van der Waals surface area contributed by atoms with Crippen LogP contribution in [0, 0.1) is 22.8 Å². The minimum absolute atomic E-state index is 0.168. The molecule has 0 radical (unpaired) electrons. The lowest BCUT2D eigenvalue weighted by Crippen LogP contribution is -2.47. The van der Waals surface area contributed by atoms with E-state index in [0.29, 0.717) is 5.92 Å². The van der Waals surface area contributed by atoms with Gasteiger partial charge in [0.05, 0.1) is 5.39 Å². The Bertz CT molecular complexity index is 716. The van der Waals surface area contributed by atoms with E-state index in [2.05, 4.69) is 33.0 Å². The van der Waals surface area contributed by atoms with Crippen LogP contribution in [-0.4, -0.2) is 46.0 Å². The monoisotopic (exact) mass is 282 g/mol. The minimum atomic E-state index is 0.168. The number of piperidine rings is 1. The molecule has 0 aromatic carbocycles. The van der Waals surface area contributed by atoms with Crippen molar-refractivity contribution in [2.45, 2.75) is 13.3 Å². The second-order valence-electron chi connectivity index (χ2n) is 6.48. The van der Waals surface area contributed by atoms with E-state index in [0.717, 1.165) is 49.5 Å². The number of anilines is 1. The fourth-order valence-corrected chi connectivity index (χ4v) is 3.93. The molecule has 2 aromatic heterocycles. The van der Waals surface area contributed by atoms with Crippen molar-refractivity contribution in [3.63, 3.8) is 0 Å². The molecule has 2 aromatic rings. The smallest absolute Gasteiger partial charge is 0.179 e. The zero-order valence-electron chi connectivity index (χ0n) is 12.1. The third kappa shape index (κ3) is 1.84. The van der Waals surface area contributed by atoms with Gasteiger partial charge in [0, 0.05) is 37.8 Å². The molecule has 2 aliphatic rings. The lowest BCUT2D eigenvalue weighted by atomic mass is 9.75. The number of hydrogen-bond acceptors (Lipinski definition) is 5. The predicted molar refractivity (Wildman–Crippen MR) is 79.5 cm³/mol. The first-order chi connectivity index (χ1) is 10.2. The fraction of sp³-hybridized carbons (Fsp3) is 0.533. The highest BCUT2D eigenvalue weighted by atomic mass is 15.2. The molecule has 2 fully saturated rings. The number of likely N-dealkylation sites (tertiary alicyclic amines) is 1. The highest BCUT2D eigenvalue weighted by Crippen LogP contribution is 2.42. The molecule has 6 heteroatoms. The van der Waals surface area contributed by atoms with Crippen LogP contribution in [0.15, 0.2) is 18.6 Å². The molecule has 0 bridgehead atoms. The molecule has 4 heterocycles. The maximum atomic E-state index is 9.16. The lowest BCUT2D eigenvalue weighted by molar-refractivity contribution is 0.213. The maximum absolute atomic E-state index is 9.16. The Morgan fingerprint density at radius 1 is 1.43 bits per heavy atom. The van der Waals surface area contributed by atoms with Gasteiger partial charge in [0.15, 0.2) is 6.19 Å². The van der Waals surface area contributed by atoms with E-state index in [1.807, 2.05) is 17.2 Å². The first-order valence-electron chi connectivity index (χ1n) is 7.37. The van der Waals surface area contributed by atoms with Gasteiger partial charge >= 0.3 is 0 Å². The molecule has 108 valence electrons. The van der Waals surface area contributed by atoms with Crippen molar-refractivity contribution in [1.29, 1.82) is 5.26 Å². The molecule has 0 amide bonds. The van der Waals surface area contributed by atoms with E-state index >= 15 is 0 Å². The van der Waals surface area contributed by atoms with Crippen molar-refractivity contribution in [1.82, 2.24) is 19.9 Å². The van der Waals surface area contributed by atoms with Gasteiger partial charge in [0.1, 0.15) is 17.8 Å². The molecule has 2 atom stereocenters. The van der Waals surface area contributed by atoms with Crippen LogP contribution in [0.3, 0.4) is 0 Å².